The highest BCUT2D eigenvalue weighted by Crippen LogP contribution is 2.31. The smallest absolute Gasteiger partial charge is 0.119 e. The predicted molar refractivity (Wildman–Crippen MR) is 89.5 cm³/mol. The van der Waals surface area contributed by atoms with Gasteiger partial charge in [-0.2, -0.15) is 5.10 Å². The fourth-order valence-electron chi connectivity index (χ4n) is 3.53. The molecule has 124 valence electrons. The van der Waals surface area contributed by atoms with Gasteiger partial charge in [0.15, 0.2) is 0 Å². The van der Waals surface area contributed by atoms with E-state index in [0.717, 1.165) is 37.4 Å². The predicted octanol–water partition coefficient (Wildman–Crippen LogP) is 2.84. The molecule has 3 heterocycles. The van der Waals surface area contributed by atoms with E-state index < -0.39 is 0 Å². The largest absolute Gasteiger partial charge is 0.292 e. The summed E-state index contributed by atoms with van der Waals surface area (Å²) in [6.45, 7) is 7.20. The summed E-state index contributed by atoms with van der Waals surface area (Å²) in [7, 11) is 0. The molecule has 2 aromatic heterocycles. The van der Waals surface area contributed by atoms with Crippen molar-refractivity contribution in [2.75, 3.05) is 6.54 Å². The second-order valence-electron chi connectivity index (χ2n) is 7.25. The first-order valence-corrected chi connectivity index (χ1v) is 8.21. The van der Waals surface area contributed by atoms with Gasteiger partial charge in [0, 0.05) is 30.9 Å². The van der Waals surface area contributed by atoms with E-state index in [1.807, 2.05) is 12.3 Å². The van der Waals surface area contributed by atoms with Crippen LogP contribution in [0.5, 0.6) is 0 Å². The average molecular weight is 323 g/mol. The van der Waals surface area contributed by atoms with Crippen molar-refractivity contribution in [2.24, 2.45) is 5.41 Å². The molecule has 1 aromatic carbocycles. The number of aromatic nitrogens is 4. The van der Waals surface area contributed by atoms with Gasteiger partial charge < -0.3 is 0 Å². The lowest BCUT2D eigenvalue weighted by Gasteiger charge is -2.29. The van der Waals surface area contributed by atoms with Gasteiger partial charge in [-0.1, -0.05) is 42.4 Å². The van der Waals surface area contributed by atoms with E-state index >= 15 is 0 Å². The topological polar surface area (TPSA) is 60.0 Å². The molecule has 0 atom stereocenters. The minimum absolute atomic E-state index is 0.148. The van der Waals surface area contributed by atoms with E-state index in [1.54, 1.807) is 6.20 Å². The van der Waals surface area contributed by atoms with Crippen LogP contribution in [0.3, 0.4) is 0 Å². The third-order valence-electron chi connectivity index (χ3n) is 4.44. The van der Waals surface area contributed by atoms with Crippen LogP contribution in [0, 0.1) is 5.41 Å². The van der Waals surface area contributed by atoms with Crippen molar-refractivity contribution in [1.82, 2.24) is 25.0 Å². The van der Waals surface area contributed by atoms with Crippen LogP contribution < -0.4 is 0 Å². The van der Waals surface area contributed by atoms with E-state index in [1.165, 1.54) is 11.3 Å². The Morgan fingerprint density at radius 3 is 2.75 bits per heavy atom. The monoisotopic (exact) mass is 323 g/mol. The Hall–Kier alpha value is -2.47. The maximum atomic E-state index is 4.73. The zero-order valence-corrected chi connectivity index (χ0v) is 14.0. The Bertz CT molecular complexity index is 807. The Kier molecular flexibility index (Phi) is 3.69. The van der Waals surface area contributed by atoms with E-state index in [9.17, 15) is 0 Å². The van der Waals surface area contributed by atoms with Crippen LogP contribution in [-0.2, 0) is 19.5 Å². The molecule has 0 amide bonds. The standard InChI is InChI=1S/C18H21N5O/c1-18(2)8-17-14(9-19-23(17)16-6-4-3-5-7-16)11-22(13-18)12-15-10-20-24-21-15/h3-7,9-10H,8,11-13H2,1-2H3. The number of nitrogens with zero attached hydrogens (tertiary/aromatic N) is 5. The molecule has 0 radical (unpaired) electrons. The lowest BCUT2D eigenvalue weighted by Crippen LogP contribution is -2.32. The first kappa shape index (κ1) is 15.1. The van der Waals surface area contributed by atoms with Crippen molar-refractivity contribution in [1.29, 1.82) is 0 Å². The van der Waals surface area contributed by atoms with Gasteiger partial charge in [0.2, 0.25) is 0 Å². The first-order chi connectivity index (χ1) is 11.6. The summed E-state index contributed by atoms with van der Waals surface area (Å²) in [4.78, 5) is 2.39. The van der Waals surface area contributed by atoms with Crippen LogP contribution in [0.15, 0.2) is 47.4 Å². The summed E-state index contributed by atoms with van der Waals surface area (Å²) < 4.78 is 6.81. The Morgan fingerprint density at radius 2 is 2.00 bits per heavy atom. The van der Waals surface area contributed by atoms with Crippen LogP contribution in [0.25, 0.3) is 5.69 Å². The van der Waals surface area contributed by atoms with Crippen LogP contribution in [0.2, 0.25) is 0 Å². The summed E-state index contributed by atoms with van der Waals surface area (Å²) >= 11 is 0. The first-order valence-electron chi connectivity index (χ1n) is 8.21. The Morgan fingerprint density at radius 1 is 1.17 bits per heavy atom. The third-order valence-corrected chi connectivity index (χ3v) is 4.44. The van der Waals surface area contributed by atoms with Gasteiger partial charge in [-0.05, 0) is 24.0 Å². The van der Waals surface area contributed by atoms with E-state index in [2.05, 4.69) is 63.1 Å². The lowest BCUT2D eigenvalue weighted by molar-refractivity contribution is 0.168. The van der Waals surface area contributed by atoms with Gasteiger partial charge in [0.25, 0.3) is 0 Å². The van der Waals surface area contributed by atoms with Gasteiger partial charge in [-0.15, -0.1) is 0 Å². The summed E-state index contributed by atoms with van der Waals surface area (Å²) in [6, 6.07) is 10.3. The van der Waals surface area contributed by atoms with Gasteiger partial charge in [-0.25, -0.2) is 9.31 Å². The molecule has 0 bridgehead atoms. The summed E-state index contributed by atoms with van der Waals surface area (Å²) in [5, 5.41) is 12.3. The highest BCUT2D eigenvalue weighted by molar-refractivity contribution is 5.36. The quantitative estimate of drug-likeness (QED) is 0.742. The van der Waals surface area contributed by atoms with Crippen LogP contribution in [0.4, 0.5) is 0 Å². The Balaban J connectivity index is 1.68. The number of hydrogen-bond acceptors (Lipinski definition) is 5. The lowest BCUT2D eigenvalue weighted by atomic mass is 9.87. The minimum atomic E-state index is 0.148. The molecule has 1 aliphatic rings. The van der Waals surface area contributed by atoms with Crippen LogP contribution in [0.1, 0.15) is 30.8 Å². The van der Waals surface area contributed by atoms with E-state index in [4.69, 9.17) is 4.63 Å². The van der Waals surface area contributed by atoms with Crippen molar-refractivity contribution in [3.05, 3.63) is 59.7 Å². The van der Waals surface area contributed by atoms with Crippen molar-refractivity contribution in [3.63, 3.8) is 0 Å². The molecule has 6 nitrogen and oxygen atoms in total. The average Bonchev–Trinajstić information content (AvgIpc) is 3.16. The summed E-state index contributed by atoms with van der Waals surface area (Å²) in [5.41, 5.74) is 4.70. The minimum Gasteiger partial charge on any atom is -0.292 e. The van der Waals surface area contributed by atoms with E-state index in [-0.39, 0.29) is 5.41 Å². The number of rotatable bonds is 3. The van der Waals surface area contributed by atoms with Crippen molar-refractivity contribution >= 4 is 0 Å². The molecule has 0 unspecified atom stereocenters. The zero-order chi connectivity index (χ0) is 16.6. The van der Waals surface area contributed by atoms with Crippen LogP contribution in [-0.4, -0.2) is 31.5 Å². The molecule has 0 saturated heterocycles. The fourth-order valence-corrected chi connectivity index (χ4v) is 3.53. The number of fused-ring (bicyclic) bond motifs is 1. The Labute approximate surface area is 141 Å². The van der Waals surface area contributed by atoms with Gasteiger partial charge >= 0.3 is 0 Å². The molecule has 4 rings (SSSR count). The highest BCUT2D eigenvalue weighted by atomic mass is 16.6. The normalized spacial score (nSPS) is 17.4. The van der Waals surface area contributed by atoms with Gasteiger partial charge in [0.1, 0.15) is 5.69 Å². The molecule has 0 spiro atoms. The SMILES string of the molecule is CC1(C)Cc2c(cnn2-c2ccccc2)CN(Cc2cnon2)C1. The zero-order valence-electron chi connectivity index (χ0n) is 14.0. The molecule has 24 heavy (non-hydrogen) atoms. The van der Waals surface area contributed by atoms with Crippen molar-refractivity contribution in [2.45, 2.75) is 33.4 Å². The maximum Gasteiger partial charge on any atom is 0.119 e. The number of benzene rings is 1. The molecule has 0 saturated carbocycles. The second kappa shape index (κ2) is 5.87. The summed E-state index contributed by atoms with van der Waals surface area (Å²) in [5.74, 6) is 0. The van der Waals surface area contributed by atoms with Crippen molar-refractivity contribution < 1.29 is 4.63 Å². The van der Waals surface area contributed by atoms with Gasteiger partial charge in [0.05, 0.1) is 18.1 Å². The van der Waals surface area contributed by atoms with Crippen molar-refractivity contribution in [3.8, 4) is 5.69 Å². The third kappa shape index (κ3) is 2.97. The van der Waals surface area contributed by atoms with Gasteiger partial charge in [-0.3, -0.25) is 4.90 Å². The van der Waals surface area contributed by atoms with Crippen LogP contribution >= 0.6 is 0 Å². The summed E-state index contributed by atoms with van der Waals surface area (Å²) in [6.07, 6.45) is 4.68. The molecule has 0 N–H and O–H groups in total. The number of para-hydroxylation sites is 1. The molecule has 6 heteroatoms. The number of hydrogen-bond donors (Lipinski definition) is 0. The molecule has 3 aromatic rings. The fraction of sp³-hybridized carbons (Fsp3) is 0.389. The molecular formula is C18H21N5O. The maximum absolute atomic E-state index is 4.73. The van der Waals surface area contributed by atoms with E-state index in [0.29, 0.717) is 0 Å². The second-order valence-corrected chi connectivity index (χ2v) is 7.25. The molecule has 1 aliphatic heterocycles. The molecular weight excluding hydrogens is 302 g/mol. The molecule has 0 aliphatic carbocycles. The highest BCUT2D eigenvalue weighted by Gasteiger charge is 2.31. The molecule has 0 fully saturated rings.